The average molecular weight is 1450 g/mol. The summed E-state index contributed by atoms with van der Waals surface area (Å²) in [6, 6.07) is -0.938. The van der Waals surface area contributed by atoms with E-state index in [1.807, 2.05) is 6.08 Å². The summed E-state index contributed by atoms with van der Waals surface area (Å²) < 4.78 is 22.9. The highest BCUT2D eigenvalue weighted by molar-refractivity contribution is 5.76. The minimum absolute atomic E-state index is 0.246. The van der Waals surface area contributed by atoms with E-state index in [-0.39, 0.29) is 18.9 Å². The fraction of sp³-hybridized carbons (Fsp3) is 0.787. The van der Waals surface area contributed by atoms with Gasteiger partial charge in [-0.3, -0.25) is 4.79 Å². The molecule has 0 bridgehead atoms. The van der Waals surface area contributed by atoms with E-state index in [1.54, 1.807) is 6.08 Å². The third-order valence-corrected chi connectivity index (χ3v) is 20.2. The molecule has 2 aliphatic rings. The number of carbonyl (C=O) groups excluding carboxylic acids is 1. The van der Waals surface area contributed by atoms with Crippen LogP contribution in [-0.2, 0) is 23.7 Å². The SMILES string of the molecule is CC/C=C\C/C=C\C/C=C\C/C=C\C/C=C\C/C=C\C/C=C\CCCCCCCCCCCCCCCCCCCCCC(=O)NC(COC1OC(CO)C(OC2OC(CO)C(O)C(O)C2O)C(O)C1O)C(O)/C=C/CC/C=C/CCCCCCCCCCCCCCCCCCCCCCCC. The molecule has 12 unspecified atom stereocenters. The first-order valence-electron chi connectivity index (χ1n) is 42.6. The first kappa shape index (κ1) is 95.7. The maximum absolute atomic E-state index is 13.4. The molecule has 0 aliphatic carbocycles. The standard InChI is InChI=1S/C89H157NO13/c1-3-5-7-9-11-13-15-17-19-21-23-25-27-29-31-33-34-35-36-37-38-39-40-41-42-43-44-45-47-49-51-53-55-57-59-61-63-65-67-69-71-73-81(94)90-77(76-100-88-86(99)84(97)87(80(75-92)102-88)103-89-85(98)83(96)82(95)79(74-91)101-89)78(93)72-70-68-66-64-62-60-58-56-54-52-50-48-46-32-30-28-26-24-22-20-18-16-14-12-10-8-6-4-2/h5,7,11,13,17,19,23,25,29,31,34-35,37-38,62,64,70,72,77-80,82-89,91-93,95-99H,3-4,6,8-10,12,14-16,18,20-22,24,26-28,30,32-33,36,39-61,63,65-69,71,73-76H2,1-2H3,(H,90,94)/b7-5-,13-11-,19-17-,25-23-,31-29-,35-34-,38-37-,64-62+,72-70+. The number of ether oxygens (including phenoxy) is 4. The molecule has 2 heterocycles. The van der Waals surface area contributed by atoms with Gasteiger partial charge in [0.1, 0.15) is 48.8 Å². The Morgan fingerprint density at radius 2 is 0.680 bits per heavy atom. The first-order valence-corrected chi connectivity index (χ1v) is 42.6. The predicted molar refractivity (Wildman–Crippen MR) is 429 cm³/mol. The van der Waals surface area contributed by atoms with E-state index in [0.717, 1.165) is 77.0 Å². The van der Waals surface area contributed by atoms with E-state index in [1.165, 1.54) is 244 Å². The van der Waals surface area contributed by atoms with Crippen molar-refractivity contribution in [2.75, 3.05) is 19.8 Å². The molecule has 0 aromatic heterocycles. The van der Waals surface area contributed by atoms with Crippen molar-refractivity contribution in [1.29, 1.82) is 0 Å². The van der Waals surface area contributed by atoms with Crippen molar-refractivity contribution in [3.8, 4) is 0 Å². The summed E-state index contributed by atoms with van der Waals surface area (Å²) in [6.45, 7) is 2.71. The van der Waals surface area contributed by atoms with E-state index in [9.17, 15) is 45.6 Å². The van der Waals surface area contributed by atoms with Gasteiger partial charge in [0.15, 0.2) is 12.6 Å². The van der Waals surface area contributed by atoms with Gasteiger partial charge < -0.3 is 65.1 Å². The lowest BCUT2D eigenvalue weighted by Crippen LogP contribution is -2.65. The number of carbonyl (C=O) groups is 1. The molecule has 0 spiro atoms. The summed E-state index contributed by atoms with van der Waals surface area (Å²) in [5.74, 6) is -0.246. The molecule has 2 fully saturated rings. The molecule has 14 heteroatoms. The molecule has 14 nitrogen and oxygen atoms in total. The Morgan fingerprint density at radius 3 is 1.07 bits per heavy atom. The van der Waals surface area contributed by atoms with Crippen molar-refractivity contribution in [2.24, 2.45) is 0 Å². The summed E-state index contributed by atoms with van der Waals surface area (Å²) in [6.07, 6.45) is 87.6. The Hall–Kier alpha value is -3.35. The van der Waals surface area contributed by atoms with E-state index >= 15 is 0 Å². The second kappa shape index (κ2) is 71.6. The molecule has 0 radical (unpaired) electrons. The lowest BCUT2D eigenvalue weighted by atomic mass is 9.97. The van der Waals surface area contributed by atoms with Gasteiger partial charge in [-0.05, 0) is 89.9 Å². The topological polar surface area (TPSA) is 228 Å². The van der Waals surface area contributed by atoms with Gasteiger partial charge in [-0.15, -0.1) is 0 Å². The summed E-state index contributed by atoms with van der Waals surface area (Å²) in [7, 11) is 0. The van der Waals surface area contributed by atoms with Crippen LogP contribution in [0.3, 0.4) is 0 Å². The molecule has 103 heavy (non-hydrogen) atoms. The third-order valence-electron chi connectivity index (χ3n) is 20.2. The van der Waals surface area contributed by atoms with Gasteiger partial charge in [-0.25, -0.2) is 0 Å². The normalized spacial score (nSPS) is 22.1. The van der Waals surface area contributed by atoms with Crippen LogP contribution in [0, 0.1) is 0 Å². The smallest absolute Gasteiger partial charge is 0.220 e. The molecule has 596 valence electrons. The second-order valence-corrected chi connectivity index (χ2v) is 29.6. The first-order chi connectivity index (χ1) is 50.6. The third kappa shape index (κ3) is 54.0. The van der Waals surface area contributed by atoms with Crippen molar-refractivity contribution >= 4 is 5.91 Å². The van der Waals surface area contributed by atoms with Crippen molar-refractivity contribution in [2.45, 2.75) is 428 Å². The number of rotatable bonds is 71. The zero-order chi connectivity index (χ0) is 74.4. The van der Waals surface area contributed by atoms with Gasteiger partial charge in [0.2, 0.25) is 5.91 Å². The second-order valence-electron chi connectivity index (χ2n) is 29.6. The number of hydrogen-bond acceptors (Lipinski definition) is 13. The maximum Gasteiger partial charge on any atom is 0.220 e. The number of amides is 1. The molecule has 2 saturated heterocycles. The van der Waals surface area contributed by atoms with E-state index in [4.69, 9.17) is 18.9 Å². The molecular formula is C89H157NO13. The number of unbranched alkanes of at least 4 members (excludes halogenated alkanes) is 42. The molecule has 12 atom stereocenters. The Balaban J connectivity index is 1.59. The fourth-order valence-electron chi connectivity index (χ4n) is 13.5. The van der Waals surface area contributed by atoms with Gasteiger partial charge in [0.25, 0.3) is 0 Å². The van der Waals surface area contributed by atoms with E-state index in [2.05, 4.69) is 116 Å². The predicted octanol–water partition coefficient (Wildman–Crippen LogP) is 20.2. The van der Waals surface area contributed by atoms with Gasteiger partial charge in [0.05, 0.1) is 32.0 Å². The van der Waals surface area contributed by atoms with Crippen LogP contribution in [0.5, 0.6) is 0 Å². The highest BCUT2D eigenvalue weighted by Crippen LogP contribution is 2.30. The highest BCUT2D eigenvalue weighted by Gasteiger charge is 2.51. The van der Waals surface area contributed by atoms with E-state index in [0.29, 0.717) is 12.8 Å². The van der Waals surface area contributed by atoms with Crippen LogP contribution in [0.15, 0.2) is 109 Å². The Morgan fingerprint density at radius 1 is 0.359 bits per heavy atom. The highest BCUT2D eigenvalue weighted by atomic mass is 16.7. The zero-order valence-corrected chi connectivity index (χ0v) is 65.5. The summed E-state index contributed by atoms with van der Waals surface area (Å²) in [5, 5.41) is 87.7. The van der Waals surface area contributed by atoms with Gasteiger partial charge >= 0.3 is 0 Å². The van der Waals surface area contributed by atoms with Crippen LogP contribution in [0.4, 0.5) is 0 Å². The quantitative estimate of drug-likeness (QED) is 0.0204. The molecule has 2 rings (SSSR count). The Kier molecular flexibility index (Phi) is 66.5. The fourth-order valence-corrected chi connectivity index (χ4v) is 13.5. The van der Waals surface area contributed by atoms with Gasteiger partial charge in [-0.2, -0.15) is 0 Å². The lowest BCUT2D eigenvalue weighted by Gasteiger charge is -2.46. The molecule has 0 saturated carbocycles. The zero-order valence-electron chi connectivity index (χ0n) is 65.5. The summed E-state index contributed by atoms with van der Waals surface area (Å²) in [5.41, 5.74) is 0. The van der Waals surface area contributed by atoms with Crippen LogP contribution in [0.1, 0.15) is 354 Å². The van der Waals surface area contributed by atoms with Crippen LogP contribution in [0.2, 0.25) is 0 Å². The molecule has 2 aliphatic heterocycles. The minimum Gasteiger partial charge on any atom is -0.394 e. The lowest BCUT2D eigenvalue weighted by molar-refractivity contribution is -0.359. The molecular weight excluding hydrogens is 1290 g/mol. The number of aliphatic hydroxyl groups excluding tert-OH is 8. The molecule has 0 aromatic rings. The largest absolute Gasteiger partial charge is 0.394 e. The summed E-state index contributed by atoms with van der Waals surface area (Å²) in [4.78, 5) is 13.4. The molecule has 1 amide bonds. The number of hydrogen-bond donors (Lipinski definition) is 9. The van der Waals surface area contributed by atoms with Crippen molar-refractivity contribution in [3.63, 3.8) is 0 Å². The minimum atomic E-state index is -1.80. The maximum atomic E-state index is 13.4. The van der Waals surface area contributed by atoms with E-state index < -0.39 is 86.8 Å². The van der Waals surface area contributed by atoms with Crippen LogP contribution >= 0.6 is 0 Å². The van der Waals surface area contributed by atoms with Gasteiger partial charge in [0, 0.05) is 6.42 Å². The van der Waals surface area contributed by atoms with Crippen molar-refractivity contribution < 1.29 is 64.6 Å². The average Bonchev–Trinajstić information content (AvgIpc) is 0.791. The number of allylic oxidation sites excluding steroid dienone is 17. The number of aliphatic hydroxyl groups is 8. The van der Waals surface area contributed by atoms with Gasteiger partial charge in [-0.1, -0.05) is 367 Å². The van der Waals surface area contributed by atoms with Crippen LogP contribution < -0.4 is 5.32 Å². The monoisotopic (exact) mass is 1450 g/mol. The Bertz CT molecular complexity index is 2150. The van der Waals surface area contributed by atoms with Crippen molar-refractivity contribution in [1.82, 2.24) is 5.32 Å². The summed E-state index contributed by atoms with van der Waals surface area (Å²) >= 11 is 0. The molecule has 0 aromatic carbocycles. The van der Waals surface area contributed by atoms with Crippen LogP contribution in [0.25, 0.3) is 0 Å². The number of nitrogens with one attached hydrogen (secondary N) is 1. The van der Waals surface area contributed by atoms with Crippen molar-refractivity contribution in [3.05, 3.63) is 109 Å². The molecule has 9 N–H and O–H groups in total. The van der Waals surface area contributed by atoms with Crippen LogP contribution in [-0.4, -0.2) is 140 Å². The Labute approximate surface area is 629 Å².